The van der Waals surface area contributed by atoms with Gasteiger partial charge in [-0.3, -0.25) is 0 Å². The molecule has 0 aromatic carbocycles. The first-order valence-electron chi connectivity index (χ1n) is 6.78. The fourth-order valence-corrected chi connectivity index (χ4v) is 2.99. The summed E-state index contributed by atoms with van der Waals surface area (Å²) in [6.45, 7) is 10.9. The zero-order valence-electron chi connectivity index (χ0n) is 10.9. The van der Waals surface area contributed by atoms with Crippen LogP contribution < -0.4 is 0 Å². The molecule has 0 bridgehead atoms. The van der Waals surface area contributed by atoms with Gasteiger partial charge in [-0.05, 0) is 37.5 Å². The van der Waals surface area contributed by atoms with Gasteiger partial charge in [0.1, 0.15) is 0 Å². The summed E-state index contributed by atoms with van der Waals surface area (Å²) in [6.07, 6.45) is 10.1. The minimum absolute atomic E-state index is 0.732. The van der Waals surface area contributed by atoms with Gasteiger partial charge in [-0.2, -0.15) is 0 Å². The lowest BCUT2D eigenvalue weighted by Crippen LogP contribution is -2.17. The van der Waals surface area contributed by atoms with E-state index in [4.69, 9.17) is 0 Å². The molecule has 0 heterocycles. The Morgan fingerprint density at radius 2 is 2.00 bits per heavy atom. The van der Waals surface area contributed by atoms with Crippen molar-refractivity contribution in [1.29, 1.82) is 0 Å². The van der Waals surface area contributed by atoms with E-state index in [2.05, 4.69) is 27.4 Å². The Balaban J connectivity index is 2.32. The lowest BCUT2D eigenvalue weighted by molar-refractivity contribution is 0.229. The summed E-state index contributed by atoms with van der Waals surface area (Å²) in [5, 5.41) is 0. The molecule has 15 heavy (non-hydrogen) atoms. The van der Waals surface area contributed by atoms with Crippen LogP contribution in [0.4, 0.5) is 0 Å². The third kappa shape index (κ3) is 4.40. The summed E-state index contributed by atoms with van der Waals surface area (Å²) < 4.78 is 0. The highest BCUT2D eigenvalue weighted by molar-refractivity contribution is 4.94. The molecule has 1 saturated carbocycles. The van der Waals surface area contributed by atoms with Crippen molar-refractivity contribution in [2.45, 2.75) is 65.7 Å². The lowest BCUT2D eigenvalue weighted by Gasteiger charge is -2.30. The van der Waals surface area contributed by atoms with E-state index in [0.717, 1.165) is 17.8 Å². The highest BCUT2D eigenvalue weighted by atomic mass is 14.3. The predicted molar refractivity (Wildman–Crippen MR) is 69.0 cm³/mol. The van der Waals surface area contributed by atoms with E-state index >= 15 is 0 Å². The Morgan fingerprint density at radius 1 is 1.33 bits per heavy atom. The monoisotopic (exact) mass is 208 g/mol. The topological polar surface area (TPSA) is 0 Å². The van der Waals surface area contributed by atoms with Gasteiger partial charge < -0.3 is 0 Å². The molecule has 88 valence electrons. The summed E-state index contributed by atoms with van der Waals surface area (Å²) in [6, 6.07) is 0. The Kier molecular flexibility index (Phi) is 5.42. The minimum atomic E-state index is 0.732. The molecule has 1 aliphatic rings. The van der Waals surface area contributed by atoms with E-state index in [1.54, 1.807) is 0 Å². The molecular weight excluding hydrogens is 180 g/mol. The molecule has 1 rings (SSSR count). The quantitative estimate of drug-likeness (QED) is 0.545. The molecule has 1 fully saturated rings. The van der Waals surface area contributed by atoms with Crippen molar-refractivity contribution in [3.8, 4) is 0 Å². The van der Waals surface area contributed by atoms with Crippen LogP contribution in [0.1, 0.15) is 65.7 Å². The van der Waals surface area contributed by atoms with Crippen molar-refractivity contribution < 1.29 is 0 Å². The van der Waals surface area contributed by atoms with Crippen LogP contribution in [0.25, 0.3) is 0 Å². The molecule has 0 amide bonds. The number of allylic oxidation sites excluding steroid dienone is 1. The summed E-state index contributed by atoms with van der Waals surface area (Å²) in [4.78, 5) is 0. The smallest absolute Gasteiger partial charge is 0.0234 e. The molecule has 0 N–H and O–H groups in total. The Labute approximate surface area is 96.2 Å². The average Bonchev–Trinajstić information content (AvgIpc) is 2.18. The van der Waals surface area contributed by atoms with Crippen LogP contribution in [-0.4, -0.2) is 0 Å². The van der Waals surface area contributed by atoms with E-state index in [1.807, 2.05) is 0 Å². The number of hydrogen-bond donors (Lipinski definition) is 0. The summed E-state index contributed by atoms with van der Waals surface area (Å²) in [5.74, 6) is 2.75. The van der Waals surface area contributed by atoms with Crippen molar-refractivity contribution in [2.24, 2.45) is 17.8 Å². The molecule has 0 heteroatoms. The normalized spacial score (nSPS) is 28.7. The van der Waals surface area contributed by atoms with Crippen LogP contribution in [0.2, 0.25) is 0 Å². The van der Waals surface area contributed by atoms with Gasteiger partial charge in [-0.25, -0.2) is 0 Å². The van der Waals surface area contributed by atoms with E-state index < -0.39 is 0 Å². The molecule has 0 aliphatic heterocycles. The Hall–Kier alpha value is -0.260. The van der Waals surface area contributed by atoms with Crippen molar-refractivity contribution in [3.05, 3.63) is 12.2 Å². The van der Waals surface area contributed by atoms with Crippen LogP contribution >= 0.6 is 0 Å². The average molecular weight is 208 g/mol. The van der Waals surface area contributed by atoms with Crippen molar-refractivity contribution >= 4 is 0 Å². The highest BCUT2D eigenvalue weighted by Gasteiger charge is 2.22. The van der Waals surface area contributed by atoms with Crippen molar-refractivity contribution in [2.75, 3.05) is 0 Å². The molecule has 0 nitrogen and oxygen atoms in total. The number of hydrogen-bond acceptors (Lipinski definition) is 0. The third-order valence-corrected chi connectivity index (χ3v) is 4.12. The fourth-order valence-electron chi connectivity index (χ4n) is 2.99. The SMILES string of the molecule is C=C(C)C(C)CC1CCCC(CCC)C1. The maximum Gasteiger partial charge on any atom is -0.0234 e. The van der Waals surface area contributed by atoms with Gasteiger partial charge in [0.2, 0.25) is 0 Å². The van der Waals surface area contributed by atoms with Gasteiger partial charge in [0.25, 0.3) is 0 Å². The molecule has 1 aliphatic carbocycles. The molecule has 0 aromatic heterocycles. The fraction of sp³-hybridized carbons (Fsp3) is 0.867. The highest BCUT2D eigenvalue weighted by Crippen LogP contribution is 2.36. The zero-order chi connectivity index (χ0) is 11.3. The molecular formula is C15H28. The van der Waals surface area contributed by atoms with Gasteiger partial charge in [-0.15, -0.1) is 0 Å². The minimum Gasteiger partial charge on any atom is -0.0999 e. The van der Waals surface area contributed by atoms with Crippen LogP contribution in [0.3, 0.4) is 0 Å². The maximum absolute atomic E-state index is 4.08. The van der Waals surface area contributed by atoms with Crippen molar-refractivity contribution in [3.63, 3.8) is 0 Å². The van der Waals surface area contributed by atoms with Gasteiger partial charge in [0.15, 0.2) is 0 Å². The van der Waals surface area contributed by atoms with E-state index in [9.17, 15) is 0 Å². The second-order valence-electron chi connectivity index (χ2n) is 5.67. The molecule has 0 spiro atoms. The van der Waals surface area contributed by atoms with E-state index in [0.29, 0.717) is 0 Å². The van der Waals surface area contributed by atoms with Crippen LogP contribution in [0, 0.1) is 17.8 Å². The lowest BCUT2D eigenvalue weighted by atomic mass is 9.75. The van der Waals surface area contributed by atoms with Gasteiger partial charge in [0, 0.05) is 0 Å². The molecule has 3 unspecified atom stereocenters. The van der Waals surface area contributed by atoms with Crippen molar-refractivity contribution in [1.82, 2.24) is 0 Å². The van der Waals surface area contributed by atoms with Gasteiger partial charge in [-0.1, -0.05) is 58.1 Å². The first-order valence-corrected chi connectivity index (χ1v) is 6.78. The Bertz CT molecular complexity index is 190. The molecule has 0 radical (unpaired) electrons. The second-order valence-corrected chi connectivity index (χ2v) is 5.67. The van der Waals surface area contributed by atoms with E-state index in [1.165, 1.54) is 50.5 Å². The largest absolute Gasteiger partial charge is 0.0999 e. The molecule has 0 saturated heterocycles. The molecule has 0 aromatic rings. The maximum atomic E-state index is 4.08. The standard InChI is InChI=1S/C15H28/c1-5-7-14-8-6-9-15(11-14)10-13(4)12(2)3/h13-15H,2,5-11H2,1,3-4H3. The van der Waals surface area contributed by atoms with E-state index in [-0.39, 0.29) is 0 Å². The third-order valence-electron chi connectivity index (χ3n) is 4.12. The van der Waals surface area contributed by atoms with Crippen LogP contribution in [-0.2, 0) is 0 Å². The van der Waals surface area contributed by atoms with Gasteiger partial charge >= 0.3 is 0 Å². The second kappa shape index (κ2) is 6.35. The summed E-state index contributed by atoms with van der Waals surface area (Å²) in [7, 11) is 0. The van der Waals surface area contributed by atoms with Gasteiger partial charge in [0.05, 0.1) is 0 Å². The first kappa shape index (κ1) is 12.8. The van der Waals surface area contributed by atoms with Crippen LogP contribution in [0.5, 0.6) is 0 Å². The Morgan fingerprint density at radius 3 is 2.60 bits per heavy atom. The number of rotatable bonds is 5. The predicted octanol–water partition coefficient (Wildman–Crippen LogP) is 5.20. The summed E-state index contributed by atoms with van der Waals surface area (Å²) in [5.41, 5.74) is 1.37. The zero-order valence-corrected chi connectivity index (χ0v) is 10.9. The van der Waals surface area contributed by atoms with Crippen LogP contribution in [0.15, 0.2) is 12.2 Å². The summed E-state index contributed by atoms with van der Waals surface area (Å²) >= 11 is 0. The molecule has 3 atom stereocenters. The first-order chi connectivity index (χ1) is 7.13.